The number of carbonyl (C=O) groups excluding carboxylic acids is 1. The maximum atomic E-state index is 13.0. The number of benzene rings is 2. The topological polar surface area (TPSA) is 46.4 Å². The maximum absolute atomic E-state index is 13.0. The monoisotopic (exact) mass is 385 g/mol. The number of carbonyl (C=O) groups is 1. The second kappa shape index (κ2) is 8.36. The van der Waals surface area contributed by atoms with E-state index in [1.165, 1.54) is 12.7 Å². The Morgan fingerprint density at radius 2 is 1.78 bits per heavy atom. The molecule has 144 valence electrons. The van der Waals surface area contributed by atoms with E-state index >= 15 is 0 Å². The Morgan fingerprint density at radius 3 is 2.41 bits per heavy atom. The smallest absolute Gasteiger partial charge is 0.328 e. The molecule has 2 aromatic carbocycles. The van der Waals surface area contributed by atoms with Crippen LogP contribution in [0.15, 0.2) is 59.5 Å². The molecule has 0 bridgehead atoms. The summed E-state index contributed by atoms with van der Waals surface area (Å²) >= 11 is 0. The van der Waals surface area contributed by atoms with Gasteiger partial charge in [-0.05, 0) is 50.8 Å². The maximum Gasteiger partial charge on any atom is 0.328 e. The summed E-state index contributed by atoms with van der Waals surface area (Å²) < 4.78 is 19.8. The zero-order valence-corrected chi connectivity index (χ0v) is 17.0. The second-order valence-corrected chi connectivity index (χ2v) is 8.64. The number of hydrogen-bond acceptors (Lipinski definition) is 3. The molecule has 0 radical (unpaired) electrons. The van der Waals surface area contributed by atoms with Crippen LogP contribution in [0.2, 0.25) is 0 Å². The molecule has 27 heavy (non-hydrogen) atoms. The third-order valence-corrected chi connectivity index (χ3v) is 7.02. The van der Waals surface area contributed by atoms with E-state index in [9.17, 15) is 9.00 Å². The summed E-state index contributed by atoms with van der Waals surface area (Å²) in [7, 11) is 0.0313. The van der Waals surface area contributed by atoms with Crippen LogP contribution in [0.3, 0.4) is 0 Å². The van der Waals surface area contributed by atoms with Crippen molar-refractivity contribution in [3.05, 3.63) is 65.7 Å². The van der Waals surface area contributed by atoms with Gasteiger partial charge in [-0.1, -0.05) is 54.4 Å². The van der Waals surface area contributed by atoms with Crippen LogP contribution in [0.1, 0.15) is 37.3 Å². The van der Waals surface area contributed by atoms with Gasteiger partial charge in [-0.3, -0.25) is 0 Å². The zero-order valence-electron chi connectivity index (χ0n) is 16.2. The fourth-order valence-corrected chi connectivity index (χ4v) is 5.26. The number of hydrogen-bond donors (Lipinski definition) is 0. The minimum absolute atomic E-state index is 0.0529. The van der Waals surface area contributed by atoms with Crippen molar-refractivity contribution in [2.24, 2.45) is 0 Å². The van der Waals surface area contributed by atoms with Crippen molar-refractivity contribution in [3.63, 3.8) is 0 Å². The predicted octanol–water partition coefficient (Wildman–Crippen LogP) is 4.05. The lowest BCUT2D eigenvalue weighted by molar-refractivity contribution is -0.143. The molecule has 0 amide bonds. The molecule has 0 N–H and O–H groups in total. The number of ether oxygens (including phenoxy) is 1. The van der Waals surface area contributed by atoms with Crippen molar-refractivity contribution in [3.8, 4) is 0 Å². The Bertz CT molecular complexity index is 806. The van der Waals surface area contributed by atoms with Crippen molar-refractivity contribution in [1.29, 1.82) is 0 Å². The van der Waals surface area contributed by atoms with Crippen molar-refractivity contribution < 1.29 is 13.7 Å². The van der Waals surface area contributed by atoms with E-state index in [0.717, 1.165) is 36.1 Å². The molecule has 4 atom stereocenters. The summed E-state index contributed by atoms with van der Waals surface area (Å²) in [5.41, 5.74) is 1.64. The van der Waals surface area contributed by atoms with E-state index in [2.05, 4.69) is 24.3 Å². The van der Waals surface area contributed by atoms with Gasteiger partial charge in [0.25, 0.3) is 0 Å². The molecule has 2 aromatic rings. The molecule has 1 aliphatic rings. The lowest BCUT2D eigenvalue weighted by Gasteiger charge is -2.09. The minimum Gasteiger partial charge on any atom is -0.468 e. The van der Waals surface area contributed by atoms with Crippen molar-refractivity contribution in [2.45, 2.75) is 56.0 Å². The van der Waals surface area contributed by atoms with Crippen LogP contribution in [0.5, 0.6) is 0 Å². The number of nitrogens with zero attached hydrogens (tertiary/aromatic N) is 1. The van der Waals surface area contributed by atoms with E-state index in [1.54, 1.807) is 4.31 Å². The largest absolute Gasteiger partial charge is 0.468 e. The molecule has 0 spiro atoms. The van der Waals surface area contributed by atoms with Gasteiger partial charge in [-0.2, -0.15) is 4.31 Å². The molecule has 2 unspecified atom stereocenters. The highest BCUT2D eigenvalue weighted by Crippen LogP contribution is 2.47. The van der Waals surface area contributed by atoms with Crippen LogP contribution in [0, 0.1) is 6.92 Å². The highest BCUT2D eigenvalue weighted by atomic mass is 32.2. The highest BCUT2D eigenvalue weighted by molar-refractivity contribution is 7.83. The van der Waals surface area contributed by atoms with Crippen LogP contribution in [0.4, 0.5) is 0 Å². The minimum atomic E-state index is -1.36. The molecule has 5 heteroatoms. The zero-order chi connectivity index (χ0) is 19.4. The molecule has 1 aliphatic heterocycles. The SMILES string of the molecule is COC(=O)[C@@]1(C)[C@H](CCCCc2ccccc2)N1S(=O)c1ccc(C)cc1. The van der Waals surface area contributed by atoms with Gasteiger partial charge in [-0.25, -0.2) is 9.00 Å². The molecule has 3 rings (SSSR count). The van der Waals surface area contributed by atoms with Gasteiger partial charge >= 0.3 is 5.97 Å². The molecule has 1 fully saturated rings. The van der Waals surface area contributed by atoms with Crippen LogP contribution < -0.4 is 0 Å². The Kier molecular flexibility index (Phi) is 6.12. The number of esters is 1. The number of unbranched alkanes of at least 4 members (excludes halogenated alkanes) is 1. The average Bonchev–Trinajstić information content (AvgIpc) is 3.30. The van der Waals surface area contributed by atoms with Crippen LogP contribution >= 0.6 is 0 Å². The number of methoxy groups -OCH3 is 1. The van der Waals surface area contributed by atoms with E-state index in [4.69, 9.17) is 4.74 Å². The quantitative estimate of drug-likeness (QED) is 0.391. The Hall–Kier alpha value is -1.98. The number of rotatable bonds is 8. The standard InChI is InChI=1S/C22H27NO3S/c1-17-13-15-19(16-14-17)27(25)23-20(22(23,2)21(24)26-3)12-8-7-11-18-9-5-4-6-10-18/h4-6,9-10,13-16,20H,7-8,11-12H2,1-3H3/t20-,22+,23?,27?/m0/s1. The first kappa shape index (κ1) is 19.8. The lowest BCUT2D eigenvalue weighted by Crippen LogP contribution is -2.29. The number of aryl methyl sites for hydroxylation is 2. The van der Waals surface area contributed by atoms with Gasteiger partial charge in [0, 0.05) is 0 Å². The van der Waals surface area contributed by atoms with Crippen molar-refractivity contribution >= 4 is 17.0 Å². The van der Waals surface area contributed by atoms with Crippen molar-refractivity contribution in [2.75, 3.05) is 7.11 Å². The van der Waals surface area contributed by atoms with E-state index in [0.29, 0.717) is 0 Å². The molecule has 1 saturated heterocycles. The third kappa shape index (κ3) is 4.14. The molecular weight excluding hydrogens is 358 g/mol. The van der Waals surface area contributed by atoms with Gasteiger partial charge in [-0.15, -0.1) is 0 Å². The fraction of sp³-hybridized carbons (Fsp3) is 0.409. The average molecular weight is 386 g/mol. The van der Waals surface area contributed by atoms with Gasteiger partial charge in [0.15, 0.2) is 0 Å². The Morgan fingerprint density at radius 1 is 1.11 bits per heavy atom. The van der Waals surface area contributed by atoms with Gasteiger partial charge < -0.3 is 4.74 Å². The van der Waals surface area contributed by atoms with Crippen LogP contribution in [-0.2, 0) is 26.9 Å². The lowest BCUT2D eigenvalue weighted by atomic mass is 10.0. The van der Waals surface area contributed by atoms with Crippen molar-refractivity contribution in [1.82, 2.24) is 4.31 Å². The third-order valence-electron chi connectivity index (χ3n) is 5.36. The first-order valence-corrected chi connectivity index (χ1v) is 10.5. The summed E-state index contributed by atoms with van der Waals surface area (Å²) in [5.74, 6) is -0.309. The van der Waals surface area contributed by atoms with Crippen LogP contribution in [0.25, 0.3) is 0 Å². The second-order valence-electron chi connectivity index (χ2n) is 7.27. The summed E-state index contributed by atoms with van der Waals surface area (Å²) in [6.45, 7) is 3.84. The molecule has 0 saturated carbocycles. The van der Waals surface area contributed by atoms with E-state index in [-0.39, 0.29) is 12.0 Å². The molecule has 4 nitrogen and oxygen atoms in total. The van der Waals surface area contributed by atoms with Crippen LogP contribution in [-0.4, -0.2) is 33.2 Å². The van der Waals surface area contributed by atoms with Gasteiger partial charge in [0.1, 0.15) is 16.5 Å². The first-order valence-electron chi connectivity index (χ1n) is 9.38. The molecule has 1 heterocycles. The Balaban J connectivity index is 1.64. The molecule has 0 aliphatic carbocycles. The van der Waals surface area contributed by atoms with Gasteiger partial charge in [0.05, 0.1) is 18.0 Å². The molecular formula is C22H27NO3S. The predicted molar refractivity (Wildman–Crippen MR) is 108 cm³/mol. The van der Waals surface area contributed by atoms with E-state index in [1.807, 2.05) is 44.2 Å². The summed E-state index contributed by atoms with van der Waals surface area (Å²) in [6.07, 6.45) is 3.87. The highest BCUT2D eigenvalue weighted by Gasteiger charge is 2.67. The first-order chi connectivity index (χ1) is 13.0. The van der Waals surface area contributed by atoms with Gasteiger partial charge in [0.2, 0.25) is 0 Å². The fourth-order valence-electron chi connectivity index (χ4n) is 3.62. The summed E-state index contributed by atoms with van der Waals surface area (Å²) in [4.78, 5) is 13.1. The Labute approximate surface area is 164 Å². The molecule has 0 aromatic heterocycles. The summed E-state index contributed by atoms with van der Waals surface area (Å²) in [6, 6.07) is 18.0. The summed E-state index contributed by atoms with van der Waals surface area (Å²) in [5, 5.41) is 0. The normalized spacial score (nSPS) is 25.0. The van der Waals surface area contributed by atoms with E-state index < -0.39 is 16.5 Å².